The van der Waals surface area contributed by atoms with Gasteiger partial charge in [-0.25, -0.2) is 9.59 Å². The van der Waals surface area contributed by atoms with Crippen molar-refractivity contribution >= 4 is 23.9 Å². The predicted molar refractivity (Wildman–Crippen MR) is 110 cm³/mol. The standard InChI is InChI=1S/C22H22N2O7/c25-19(24-18(21(28)29)9-10-20(26)27)11-23-22(30)31-12-17-15-7-3-1-5-13(15)14-6-2-4-8-16(14)17/h1-8,17-18H,9-12H2,(H,23,30)(H,24,25)(H,26,27)(H,28,29)/t18-/m0/s1. The second-order valence-corrected chi connectivity index (χ2v) is 7.07. The summed E-state index contributed by atoms with van der Waals surface area (Å²) in [5.41, 5.74) is 4.29. The predicted octanol–water partition coefficient (Wildman–Crippen LogP) is 1.96. The zero-order valence-electron chi connectivity index (χ0n) is 16.5. The fourth-order valence-corrected chi connectivity index (χ4v) is 3.57. The number of amides is 2. The van der Waals surface area contributed by atoms with E-state index in [9.17, 15) is 19.2 Å². The van der Waals surface area contributed by atoms with Crippen molar-refractivity contribution in [3.05, 3.63) is 59.7 Å². The van der Waals surface area contributed by atoms with Gasteiger partial charge in [0.15, 0.2) is 0 Å². The summed E-state index contributed by atoms with van der Waals surface area (Å²) in [5.74, 6) is -3.40. The van der Waals surface area contributed by atoms with E-state index in [1.54, 1.807) is 0 Å². The zero-order chi connectivity index (χ0) is 22.4. The summed E-state index contributed by atoms with van der Waals surface area (Å²) in [7, 11) is 0. The van der Waals surface area contributed by atoms with Gasteiger partial charge in [0.05, 0.1) is 0 Å². The summed E-state index contributed by atoms with van der Waals surface area (Å²) in [6.07, 6.45) is -1.48. The second-order valence-electron chi connectivity index (χ2n) is 7.07. The Kier molecular flexibility index (Phi) is 6.86. The molecule has 0 aromatic heterocycles. The van der Waals surface area contributed by atoms with Crippen molar-refractivity contribution in [3.63, 3.8) is 0 Å². The number of rotatable bonds is 9. The number of aliphatic carboxylic acids is 2. The van der Waals surface area contributed by atoms with Crippen molar-refractivity contribution in [1.29, 1.82) is 0 Å². The molecule has 0 spiro atoms. The third-order valence-corrected chi connectivity index (χ3v) is 5.02. The maximum atomic E-state index is 12.1. The lowest BCUT2D eigenvalue weighted by molar-refractivity contribution is -0.142. The lowest BCUT2D eigenvalue weighted by atomic mass is 9.98. The Hall–Kier alpha value is -3.88. The van der Waals surface area contributed by atoms with Gasteiger partial charge in [-0.05, 0) is 28.7 Å². The zero-order valence-corrected chi connectivity index (χ0v) is 16.5. The number of ether oxygens (including phenoxy) is 1. The summed E-state index contributed by atoms with van der Waals surface area (Å²) in [6.45, 7) is -0.411. The van der Waals surface area contributed by atoms with E-state index in [2.05, 4.69) is 10.6 Å². The van der Waals surface area contributed by atoms with Crippen LogP contribution in [0.1, 0.15) is 29.9 Å². The number of alkyl carbamates (subject to hydrolysis) is 1. The van der Waals surface area contributed by atoms with Crippen LogP contribution >= 0.6 is 0 Å². The first-order chi connectivity index (χ1) is 14.9. The Balaban J connectivity index is 1.51. The highest BCUT2D eigenvalue weighted by atomic mass is 16.5. The van der Waals surface area contributed by atoms with E-state index in [1.807, 2.05) is 48.5 Å². The van der Waals surface area contributed by atoms with Crippen LogP contribution in [0.4, 0.5) is 4.79 Å². The second kappa shape index (κ2) is 9.75. The fourth-order valence-electron chi connectivity index (χ4n) is 3.57. The van der Waals surface area contributed by atoms with Gasteiger partial charge >= 0.3 is 18.0 Å². The molecule has 1 atom stereocenters. The van der Waals surface area contributed by atoms with Gasteiger partial charge in [0, 0.05) is 12.3 Å². The Morgan fingerprint density at radius 2 is 1.52 bits per heavy atom. The highest BCUT2D eigenvalue weighted by molar-refractivity contribution is 5.87. The monoisotopic (exact) mass is 426 g/mol. The van der Waals surface area contributed by atoms with Crippen molar-refractivity contribution in [2.45, 2.75) is 24.8 Å². The molecule has 9 heteroatoms. The van der Waals surface area contributed by atoms with Gasteiger partial charge in [0.1, 0.15) is 19.2 Å². The van der Waals surface area contributed by atoms with E-state index >= 15 is 0 Å². The number of carboxylic acids is 2. The number of carbonyl (C=O) groups excluding carboxylic acids is 2. The molecule has 0 heterocycles. The topological polar surface area (TPSA) is 142 Å². The molecule has 2 aromatic carbocycles. The van der Waals surface area contributed by atoms with Crippen LogP contribution in [0.5, 0.6) is 0 Å². The maximum Gasteiger partial charge on any atom is 0.407 e. The number of hydrogen-bond donors (Lipinski definition) is 4. The average molecular weight is 426 g/mol. The SMILES string of the molecule is O=C(O)CC[C@H](NC(=O)CNC(=O)OCC1c2ccccc2-c2ccccc21)C(=O)O. The molecule has 0 bridgehead atoms. The van der Waals surface area contributed by atoms with E-state index in [1.165, 1.54) is 0 Å². The highest BCUT2D eigenvalue weighted by Gasteiger charge is 2.29. The quantitative estimate of drug-likeness (QED) is 0.480. The van der Waals surface area contributed by atoms with Crippen molar-refractivity contribution in [3.8, 4) is 11.1 Å². The molecule has 0 unspecified atom stereocenters. The van der Waals surface area contributed by atoms with Gasteiger partial charge in [-0.3, -0.25) is 9.59 Å². The van der Waals surface area contributed by atoms with Crippen LogP contribution in [0.25, 0.3) is 11.1 Å². The summed E-state index contributed by atoms with van der Waals surface area (Å²) in [5, 5.41) is 22.2. The molecular weight excluding hydrogens is 404 g/mol. The van der Waals surface area contributed by atoms with E-state index in [-0.39, 0.29) is 18.9 Å². The third kappa shape index (κ3) is 5.39. The number of carbonyl (C=O) groups is 4. The molecule has 162 valence electrons. The first kappa shape index (κ1) is 21.8. The normalized spacial score (nSPS) is 12.9. The Morgan fingerprint density at radius 1 is 0.935 bits per heavy atom. The van der Waals surface area contributed by atoms with Crippen LogP contribution in [-0.2, 0) is 19.1 Å². The fraction of sp³-hybridized carbons (Fsp3) is 0.273. The van der Waals surface area contributed by atoms with Crippen molar-refractivity contribution in [1.82, 2.24) is 10.6 Å². The minimum Gasteiger partial charge on any atom is -0.481 e. The molecule has 9 nitrogen and oxygen atoms in total. The maximum absolute atomic E-state index is 12.1. The minimum atomic E-state index is -1.35. The molecular formula is C22H22N2O7. The Morgan fingerprint density at radius 3 is 2.06 bits per heavy atom. The lowest BCUT2D eigenvalue weighted by Crippen LogP contribution is -2.45. The van der Waals surface area contributed by atoms with Crippen LogP contribution in [-0.4, -0.2) is 53.3 Å². The van der Waals surface area contributed by atoms with Gasteiger partial charge in [-0.1, -0.05) is 48.5 Å². The van der Waals surface area contributed by atoms with E-state index in [0.717, 1.165) is 22.3 Å². The minimum absolute atomic E-state index is 0.0812. The smallest absolute Gasteiger partial charge is 0.407 e. The van der Waals surface area contributed by atoms with E-state index < -0.39 is 42.9 Å². The van der Waals surface area contributed by atoms with Crippen molar-refractivity contribution < 1.29 is 34.1 Å². The molecule has 2 aromatic rings. The molecule has 0 saturated carbocycles. The van der Waals surface area contributed by atoms with Gasteiger partial charge in [0.25, 0.3) is 0 Å². The van der Waals surface area contributed by atoms with Gasteiger partial charge in [-0.2, -0.15) is 0 Å². The number of nitrogens with one attached hydrogen (secondary N) is 2. The summed E-state index contributed by atoms with van der Waals surface area (Å²) in [6, 6.07) is 14.4. The van der Waals surface area contributed by atoms with Gasteiger partial charge in [-0.15, -0.1) is 0 Å². The van der Waals surface area contributed by atoms with Crippen LogP contribution in [0.3, 0.4) is 0 Å². The molecule has 0 radical (unpaired) electrons. The first-order valence-electron chi connectivity index (χ1n) is 9.69. The van der Waals surface area contributed by atoms with Crippen molar-refractivity contribution in [2.24, 2.45) is 0 Å². The Bertz CT molecular complexity index is 959. The summed E-state index contributed by atoms with van der Waals surface area (Å²) < 4.78 is 5.30. The summed E-state index contributed by atoms with van der Waals surface area (Å²) >= 11 is 0. The molecule has 3 rings (SSSR count). The highest BCUT2D eigenvalue weighted by Crippen LogP contribution is 2.44. The molecule has 1 aliphatic rings. The lowest BCUT2D eigenvalue weighted by Gasteiger charge is -2.15. The van der Waals surface area contributed by atoms with Crippen LogP contribution < -0.4 is 10.6 Å². The Labute approximate surface area is 178 Å². The number of benzene rings is 2. The first-order valence-corrected chi connectivity index (χ1v) is 9.69. The molecule has 31 heavy (non-hydrogen) atoms. The molecule has 4 N–H and O–H groups in total. The molecule has 0 aliphatic heterocycles. The van der Waals surface area contributed by atoms with E-state index in [0.29, 0.717) is 0 Å². The largest absolute Gasteiger partial charge is 0.481 e. The van der Waals surface area contributed by atoms with Crippen LogP contribution in [0.15, 0.2) is 48.5 Å². The van der Waals surface area contributed by atoms with Crippen LogP contribution in [0, 0.1) is 0 Å². The number of fused-ring (bicyclic) bond motifs is 3. The van der Waals surface area contributed by atoms with Crippen molar-refractivity contribution in [2.75, 3.05) is 13.2 Å². The average Bonchev–Trinajstić information content (AvgIpc) is 3.07. The molecule has 2 amide bonds. The number of hydrogen-bond acceptors (Lipinski definition) is 5. The molecule has 1 aliphatic carbocycles. The number of carboxylic acid groups (broad SMARTS) is 2. The third-order valence-electron chi connectivity index (χ3n) is 5.02. The van der Waals surface area contributed by atoms with Gasteiger partial charge in [0.2, 0.25) is 5.91 Å². The molecule has 0 saturated heterocycles. The van der Waals surface area contributed by atoms with Gasteiger partial charge < -0.3 is 25.6 Å². The van der Waals surface area contributed by atoms with Crippen LogP contribution in [0.2, 0.25) is 0 Å². The van der Waals surface area contributed by atoms with E-state index in [4.69, 9.17) is 14.9 Å². The summed E-state index contributed by atoms with van der Waals surface area (Å²) in [4.78, 5) is 45.7. The molecule has 0 fully saturated rings.